The summed E-state index contributed by atoms with van der Waals surface area (Å²) >= 11 is 0. The Kier molecular flexibility index (Phi) is 3.65. The maximum atomic E-state index is 12.3. The van der Waals surface area contributed by atoms with Crippen molar-refractivity contribution < 1.29 is 9.53 Å². The highest BCUT2D eigenvalue weighted by atomic mass is 16.5. The van der Waals surface area contributed by atoms with Crippen molar-refractivity contribution in [3.63, 3.8) is 0 Å². The first-order valence-electron chi connectivity index (χ1n) is 6.73. The summed E-state index contributed by atoms with van der Waals surface area (Å²) in [6.45, 7) is 1.96. The molecule has 6 heteroatoms. The SMILES string of the molecule is COc1ccc(-n2nnc(C(=O)c3ccc(C)cc3)n2)cc1. The molecule has 0 unspecified atom stereocenters. The summed E-state index contributed by atoms with van der Waals surface area (Å²) < 4.78 is 5.10. The molecule has 0 aliphatic rings. The van der Waals surface area contributed by atoms with Crippen molar-refractivity contribution in [2.75, 3.05) is 7.11 Å². The molecule has 1 heterocycles. The van der Waals surface area contributed by atoms with Crippen molar-refractivity contribution in [2.24, 2.45) is 0 Å². The Labute approximate surface area is 127 Å². The molecule has 3 rings (SSSR count). The predicted molar refractivity (Wildman–Crippen MR) is 80.3 cm³/mol. The van der Waals surface area contributed by atoms with Crippen molar-refractivity contribution in [2.45, 2.75) is 6.92 Å². The first-order valence-corrected chi connectivity index (χ1v) is 6.73. The van der Waals surface area contributed by atoms with Crippen LogP contribution in [0.1, 0.15) is 21.7 Å². The highest BCUT2D eigenvalue weighted by Gasteiger charge is 2.15. The van der Waals surface area contributed by atoms with E-state index in [1.807, 2.05) is 19.1 Å². The van der Waals surface area contributed by atoms with Crippen LogP contribution in [0.25, 0.3) is 5.69 Å². The van der Waals surface area contributed by atoms with Gasteiger partial charge in [0.15, 0.2) is 0 Å². The Morgan fingerprint density at radius 3 is 2.36 bits per heavy atom. The molecule has 0 radical (unpaired) electrons. The number of ketones is 1. The molecule has 2 aromatic carbocycles. The summed E-state index contributed by atoms with van der Waals surface area (Å²) in [6, 6.07) is 14.4. The van der Waals surface area contributed by atoms with E-state index < -0.39 is 0 Å². The molecule has 0 fully saturated rings. The highest BCUT2D eigenvalue weighted by molar-refractivity contribution is 6.06. The van der Waals surface area contributed by atoms with E-state index in [4.69, 9.17) is 4.74 Å². The van der Waals surface area contributed by atoms with E-state index >= 15 is 0 Å². The van der Waals surface area contributed by atoms with Gasteiger partial charge in [-0.05, 0) is 36.4 Å². The highest BCUT2D eigenvalue weighted by Crippen LogP contribution is 2.14. The van der Waals surface area contributed by atoms with Gasteiger partial charge in [0.05, 0.1) is 12.8 Å². The molecule has 0 aliphatic heterocycles. The average molecular weight is 294 g/mol. The van der Waals surface area contributed by atoms with Gasteiger partial charge in [-0.25, -0.2) is 0 Å². The molecular formula is C16H14N4O2. The molecule has 0 N–H and O–H groups in total. The second-order valence-electron chi connectivity index (χ2n) is 4.80. The summed E-state index contributed by atoms with van der Waals surface area (Å²) in [5, 5.41) is 11.9. The molecule has 0 saturated heterocycles. The molecule has 6 nitrogen and oxygen atoms in total. The predicted octanol–water partition coefficient (Wildman–Crippen LogP) is 2.21. The van der Waals surface area contributed by atoms with Crippen LogP contribution in [0.15, 0.2) is 48.5 Å². The van der Waals surface area contributed by atoms with Crippen LogP contribution in [0, 0.1) is 6.92 Å². The van der Waals surface area contributed by atoms with Crippen molar-refractivity contribution in [3.8, 4) is 11.4 Å². The standard InChI is InChI=1S/C16H14N4O2/c1-11-3-5-12(6-4-11)15(21)16-17-19-20(18-16)13-7-9-14(22-2)10-8-13/h3-10H,1-2H3. The Balaban J connectivity index is 1.86. The number of carbonyl (C=O) groups excluding carboxylic acids is 1. The lowest BCUT2D eigenvalue weighted by Crippen LogP contribution is -2.05. The summed E-state index contributed by atoms with van der Waals surface area (Å²) in [6.07, 6.45) is 0. The lowest BCUT2D eigenvalue weighted by Gasteiger charge is -2.01. The van der Waals surface area contributed by atoms with Gasteiger partial charge in [0.25, 0.3) is 0 Å². The maximum absolute atomic E-state index is 12.3. The fraction of sp³-hybridized carbons (Fsp3) is 0.125. The molecule has 1 aromatic heterocycles. The molecular weight excluding hydrogens is 280 g/mol. The summed E-state index contributed by atoms with van der Waals surface area (Å²) in [7, 11) is 1.60. The zero-order valence-electron chi connectivity index (χ0n) is 12.2. The van der Waals surface area contributed by atoms with E-state index in [9.17, 15) is 4.79 Å². The number of nitrogens with zero attached hydrogens (tertiary/aromatic N) is 4. The summed E-state index contributed by atoms with van der Waals surface area (Å²) in [5.74, 6) is 0.555. The first kappa shape index (κ1) is 13.9. The minimum absolute atomic E-state index is 0.0691. The van der Waals surface area contributed by atoms with Crippen molar-refractivity contribution >= 4 is 5.78 Å². The normalized spacial score (nSPS) is 10.5. The van der Waals surface area contributed by atoms with Gasteiger partial charge in [0.2, 0.25) is 11.6 Å². The van der Waals surface area contributed by atoms with E-state index in [2.05, 4.69) is 15.4 Å². The van der Waals surface area contributed by atoms with Crippen LogP contribution in [0.5, 0.6) is 5.75 Å². The van der Waals surface area contributed by atoms with Gasteiger partial charge in [0.1, 0.15) is 5.75 Å². The molecule has 0 saturated carbocycles. The third-order valence-electron chi connectivity index (χ3n) is 3.23. The Bertz CT molecular complexity index is 792. The number of methoxy groups -OCH3 is 1. The summed E-state index contributed by atoms with van der Waals surface area (Å²) in [5.41, 5.74) is 2.34. The Morgan fingerprint density at radius 1 is 1.05 bits per heavy atom. The van der Waals surface area contributed by atoms with Crippen LogP contribution >= 0.6 is 0 Å². The van der Waals surface area contributed by atoms with Gasteiger partial charge >= 0.3 is 0 Å². The van der Waals surface area contributed by atoms with Gasteiger partial charge in [0, 0.05) is 5.56 Å². The van der Waals surface area contributed by atoms with E-state index in [0.717, 1.165) is 11.3 Å². The maximum Gasteiger partial charge on any atom is 0.245 e. The zero-order valence-corrected chi connectivity index (χ0v) is 12.2. The van der Waals surface area contributed by atoms with Crippen molar-refractivity contribution in [3.05, 3.63) is 65.5 Å². The lowest BCUT2D eigenvalue weighted by atomic mass is 10.1. The number of aromatic nitrogens is 4. The molecule has 22 heavy (non-hydrogen) atoms. The third kappa shape index (κ3) is 2.71. The lowest BCUT2D eigenvalue weighted by molar-refractivity contribution is 0.102. The Hall–Kier alpha value is -3.02. The van der Waals surface area contributed by atoms with E-state index in [1.165, 1.54) is 4.80 Å². The number of carbonyl (C=O) groups is 1. The van der Waals surface area contributed by atoms with Crippen LogP contribution in [-0.4, -0.2) is 33.1 Å². The zero-order chi connectivity index (χ0) is 15.5. The molecule has 110 valence electrons. The number of rotatable bonds is 4. The van der Waals surface area contributed by atoms with Gasteiger partial charge in [-0.2, -0.15) is 0 Å². The average Bonchev–Trinajstić information content (AvgIpc) is 3.05. The smallest absolute Gasteiger partial charge is 0.245 e. The fourth-order valence-electron chi connectivity index (χ4n) is 1.96. The van der Waals surface area contributed by atoms with E-state index in [1.54, 1.807) is 43.5 Å². The van der Waals surface area contributed by atoms with Crippen LogP contribution in [-0.2, 0) is 0 Å². The second-order valence-corrected chi connectivity index (χ2v) is 4.80. The van der Waals surface area contributed by atoms with Gasteiger partial charge < -0.3 is 4.74 Å². The number of hydrogen-bond acceptors (Lipinski definition) is 5. The largest absolute Gasteiger partial charge is 0.497 e. The fourth-order valence-corrected chi connectivity index (χ4v) is 1.96. The van der Waals surface area contributed by atoms with Gasteiger partial charge in [-0.1, -0.05) is 29.8 Å². The molecule has 0 aliphatic carbocycles. The number of tetrazole rings is 1. The van der Waals surface area contributed by atoms with Crippen LogP contribution in [0.3, 0.4) is 0 Å². The Morgan fingerprint density at radius 2 is 1.73 bits per heavy atom. The van der Waals surface area contributed by atoms with E-state index in [-0.39, 0.29) is 11.6 Å². The van der Waals surface area contributed by atoms with Crippen LogP contribution in [0.2, 0.25) is 0 Å². The minimum Gasteiger partial charge on any atom is -0.497 e. The first-order chi connectivity index (χ1) is 10.7. The summed E-state index contributed by atoms with van der Waals surface area (Å²) in [4.78, 5) is 13.6. The monoisotopic (exact) mass is 294 g/mol. The minimum atomic E-state index is -0.250. The molecule has 0 atom stereocenters. The quantitative estimate of drug-likeness (QED) is 0.690. The van der Waals surface area contributed by atoms with Gasteiger partial charge in [-0.3, -0.25) is 4.79 Å². The molecule has 0 bridgehead atoms. The number of hydrogen-bond donors (Lipinski definition) is 0. The van der Waals surface area contributed by atoms with Crippen LogP contribution in [0.4, 0.5) is 0 Å². The third-order valence-corrected chi connectivity index (χ3v) is 3.23. The second kappa shape index (κ2) is 5.77. The number of ether oxygens (including phenoxy) is 1. The topological polar surface area (TPSA) is 69.9 Å². The molecule has 3 aromatic rings. The number of aryl methyl sites for hydroxylation is 1. The van der Waals surface area contributed by atoms with Crippen molar-refractivity contribution in [1.29, 1.82) is 0 Å². The van der Waals surface area contributed by atoms with Crippen molar-refractivity contribution in [1.82, 2.24) is 20.2 Å². The van der Waals surface area contributed by atoms with E-state index in [0.29, 0.717) is 11.3 Å². The molecule has 0 amide bonds. The number of benzene rings is 2. The molecule has 0 spiro atoms. The van der Waals surface area contributed by atoms with Crippen LogP contribution < -0.4 is 4.74 Å². The van der Waals surface area contributed by atoms with Gasteiger partial charge in [-0.15, -0.1) is 15.0 Å².